The number of thiocarbonyl (C=S) groups is 1. The summed E-state index contributed by atoms with van der Waals surface area (Å²) < 4.78 is 0. The van der Waals surface area contributed by atoms with Gasteiger partial charge in [0.2, 0.25) is 0 Å². The Bertz CT molecular complexity index is 748. The van der Waals surface area contributed by atoms with Crippen LogP contribution in [0.25, 0.3) is 10.8 Å². The average molecular weight is 278 g/mol. The van der Waals surface area contributed by atoms with Crippen LogP contribution < -0.4 is 10.6 Å². The minimum atomic E-state index is 0.340. The molecule has 0 heterocycles. The van der Waals surface area contributed by atoms with Crippen LogP contribution in [0.5, 0.6) is 0 Å². The molecule has 0 atom stereocenters. The van der Waals surface area contributed by atoms with E-state index in [-0.39, 0.29) is 0 Å². The molecule has 0 aliphatic carbocycles. The van der Waals surface area contributed by atoms with Crippen molar-refractivity contribution in [2.24, 2.45) is 5.73 Å². The van der Waals surface area contributed by atoms with Gasteiger partial charge in [0.25, 0.3) is 0 Å². The third kappa shape index (κ3) is 2.24. The average Bonchev–Trinajstić information content (AvgIpc) is 2.48. The van der Waals surface area contributed by atoms with Crippen molar-refractivity contribution in [2.75, 3.05) is 4.90 Å². The lowest BCUT2D eigenvalue weighted by atomic mass is 10.1. The Balaban J connectivity index is 2.23. The lowest BCUT2D eigenvalue weighted by Gasteiger charge is -2.24. The van der Waals surface area contributed by atoms with E-state index in [9.17, 15) is 0 Å². The summed E-state index contributed by atoms with van der Waals surface area (Å²) in [5.41, 5.74) is 7.92. The van der Waals surface area contributed by atoms with Crippen LogP contribution in [0.15, 0.2) is 72.8 Å². The predicted octanol–water partition coefficient (Wildman–Crippen LogP) is 4.22. The van der Waals surface area contributed by atoms with Gasteiger partial charge >= 0.3 is 0 Å². The molecule has 0 aromatic heterocycles. The summed E-state index contributed by atoms with van der Waals surface area (Å²) in [5, 5.41) is 2.64. The summed E-state index contributed by atoms with van der Waals surface area (Å²) in [6.07, 6.45) is 0. The smallest absolute Gasteiger partial charge is 0.175 e. The number of nitrogens with two attached hydrogens (primary N) is 1. The molecule has 0 spiro atoms. The maximum atomic E-state index is 5.95. The molecule has 0 amide bonds. The van der Waals surface area contributed by atoms with Gasteiger partial charge in [-0.2, -0.15) is 0 Å². The van der Waals surface area contributed by atoms with Gasteiger partial charge in [-0.3, -0.25) is 4.90 Å². The molecular weight excluding hydrogens is 264 g/mol. The second-order valence-corrected chi connectivity index (χ2v) is 4.93. The van der Waals surface area contributed by atoms with Crippen LogP contribution >= 0.6 is 12.2 Å². The molecule has 2 nitrogen and oxygen atoms in total. The van der Waals surface area contributed by atoms with E-state index >= 15 is 0 Å². The Morgan fingerprint density at radius 3 is 2.20 bits per heavy atom. The standard InChI is InChI=1S/C17H14N2S/c18-17(20)19(14-9-2-1-3-10-14)16-12-6-8-13-7-4-5-11-15(13)16/h1-12H,(H2,18,20). The number of anilines is 2. The third-order valence-corrected chi connectivity index (χ3v) is 3.42. The number of fused-ring (bicyclic) bond motifs is 1. The molecule has 0 aliphatic rings. The zero-order chi connectivity index (χ0) is 13.9. The van der Waals surface area contributed by atoms with Crippen molar-refractivity contribution in [1.29, 1.82) is 0 Å². The number of nitrogens with zero attached hydrogens (tertiary/aromatic N) is 1. The summed E-state index contributed by atoms with van der Waals surface area (Å²) in [6, 6.07) is 24.3. The molecule has 0 bridgehead atoms. The van der Waals surface area contributed by atoms with E-state index in [0.29, 0.717) is 5.11 Å². The van der Waals surface area contributed by atoms with Crippen molar-refractivity contribution in [3.8, 4) is 0 Å². The van der Waals surface area contributed by atoms with Crippen molar-refractivity contribution in [3.63, 3.8) is 0 Å². The minimum absolute atomic E-state index is 0.340. The van der Waals surface area contributed by atoms with Crippen LogP contribution in [0.1, 0.15) is 0 Å². The number of hydrogen-bond acceptors (Lipinski definition) is 1. The molecular formula is C17H14N2S. The van der Waals surface area contributed by atoms with Crippen molar-refractivity contribution >= 4 is 39.5 Å². The molecule has 0 aliphatic heterocycles. The highest BCUT2D eigenvalue weighted by molar-refractivity contribution is 7.80. The van der Waals surface area contributed by atoms with Gasteiger partial charge in [0.05, 0.1) is 5.69 Å². The van der Waals surface area contributed by atoms with E-state index in [4.69, 9.17) is 18.0 Å². The van der Waals surface area contributed by atoms with Gasteiger partial charge in [0.15, 0.2) is 5.11 Å². The lowest BCUT2D eigenvalue weighted by Crippen LogP contribution is -2.31. The molecule has 0 saturated carbocycles. The Morgan fingerprint density at radius 1 is 0.800 bits per heavy atom. The van der Waals surface area contributed by atoms with Gasteiger partial charge in [-0.1, -0.05) is 54.6 Å². The van der Waals surface area contributed by atoms with E-state index in [0.717, 1.165) is 16.8 Å². The highest BCUT2D eigenvalue weighted by atomic mass is 32.1. The van der Waals surface area contributed by atoms with E-state index in [1.54, 1.807) is 0 Å². The summed E-state index contributed by atoms with van der Waals surface area (Å²) >= 11 is 5.25. The summed E-state index contributed by atoms with van der Waals surface area (Å²) in [5.74, 6) is 0. The highest BCUT2D eigenvalue weighted by Crippen LogP contribution is 2.31. The zero-order valence-electron chi connectivity index (χ0n) is 10.9. The molecule has 3 aromatic carbocycles. The van der Waals surface area contributed by atoms with Crippen LogP contribution in [0.3, 0.4) is 0 Å². The zero-order valence-corrected chi connectivity index (χ0v) is 11.7. The molecule has 0 unspecified atom stereocenters. The normalized spacial score (nSPS) is 10.4. The van der Waals surface area contributed by atoms with Crippen LogP contribution in [0.4, 0.5) is 11.4 Å². The van der Waals surface area contributed by atoms with Gasteiger partial charge < -0.3 is 5.73 Å². The maximum absolute atomic E-state index is 5.95. The number of benzene rings is 3. The van der Waals surface area contributed by atoms with Gasteiger partial charge in [-0.25, -0.2) is 0 Å². The van der Waals surface area contributed by atoms with Crippen LogP contribution in [-0.4, -0.2) is 5.11 Å². The third-order valence-electron chi connectivity index (χ3n) is 3.24. The van der Waals surface area contributed by atoms with Gasteiger partial charge in [-0.05, 0) is 35.8 Å². The quantitative estimate of drug-likeness (QED) is 0.712. The van der Waals surface area contributed by atoms with Crippen molar-refractivity contribution in [2.45, 2.75) is 0 Å². The Morgan fingerprint density at radius 2 is 1.45 bits per heavy atom. The molecule has 3 heteroatoms. The fourth-order valence-electron chi connectivity index (χ4n) is 2.37. The molecule has 98 valence electrons. The van der Waals surface area contributed by atoms with Crippen molar-refractivity contribution in [1.82, 2.24) is 0 Å². The first-order valence-electron chi connectivity index (χ1n) is 6.40. The fourth-order valence-corrected chi connectivity index (χ4v) is 2.57. The molecule has 3 rings (SSSR count). The van der Waals surface area contributed by atoms with Crippen molar-refractivity contribution < 1.29 is 0 Å². The minimum Gasteiger partial charge on any atom is -0.376 e. The second kappa shape index (κ2) is 5.31. The first-order valence-corrected chi connectivity index (χ1v) is 6.80. The number of hydrogen-bond donors (Lipinski definition) is 1. The van der Waals surface area contributed by atoms with E-state index in [1.165, 1.54) is 5.39 Å². The highest BCUT2D eigenvalue weighted by Gasteiger charge is 2.14. The monoisotopic (exact) mass is 278 g/mol. The number of para-hydroxylation sites is 1. The largest absolute Gasteiger partial charge is 0.376 e. The maximum Gasteiger partial charge on any atom is 0.175 e. The summed E-state index contributed by atoms with van der Waals surface area (Å²) in [7, 11) is 0. The molecule has 0 fully saturated rings. The number of rotatable bonds is 2. The SMILES string of the molecule is NC(=S)N(c1ccccc1)c1cccc2ccccc12. The predicted molar refractivity (Wildman–Crippen MR) is 89.3 cm³/mol. The Kier molecular flexibility index (Phi) is 3.35. The first-order chi connectivity index (χ1) is 9.77. The summed E-state index contributed by atoms with van der Waals surface area (Å²) in [4.78, 5) is 1.90. The van der Waals surface area contributed by atoms with Crippen LogP contribution in [-0.2, 0) is 0 Å². The van der Waals surface area contributed by atoms with Gasteiger partial charge in [0, 0.05) is 11.1 Å². The molecule has 0 radical (unpaired) electrons. The lowest BCUT2D eigenvalue weighted by molar-refractivity contribution is 1.36. The molecule has 3 aromatic rings. The van der Waals surface area contributed by atoms with Crippen LogP contribution in [0.2, 0.25) is 0 Å². The van der Waals surface area contributed by atoms with Gasteiger partial charge in [-0.15, -0.1) is 0 Å². The molecule has 20 heavy (non-hydrogen) atoms. The molecule has 2 N–H and O–H groups in total. The van der Waals surface area contributed by atoms with Gasteiger partial charge in [0.1, 0.15) is 0 Å². The van der Waals surface area contributed by atoms with E-state index < -0.39 is 0 Å². The van der Waals surface area contributed by atoms with Crippen molar-refractivity contribution in [3.05, 3.63) is 72.8 Å². The Hall–Kier alpha value is -2.39. The van der Waals surface area contributed by atoms with E-state index in [2.05, 4.69) is 18.2 Å². The topological polar surface area (TPSA) is 29.3 Å². The Labute approximate surface area is 123 Å². The second-order valence-electron chi connectivity index (χ2n) is 4.51. The first kappa shape index (κ1) is 12.6. The van der Waals surface area contributed by atoms with E-state index in [1.807, 2.05) is 59.5 Å². The fraction of sp³-hybridized carbons (Fsp3) is 0. The van der Waals surface area contributed by atoms with Crippen LogP contribution in [0, 0.1) is 0 Å². The molecule has 0 saturated heterocycles. The summed E-state index contributed by atoms with van der Waals surface area (Å²) in [6.45, 7) is 0.